The van der Waals surface area contributed by atoms with Crippen LogP contribution in [0.2, 0.25) is 0 Å². The maximum absolute atomic E-state index is 6.71. The average Bonchev–Trinajstić information content (AvgIpc) is 3.68. The van der Waals surface area contributed by atoms with Crippen LogP contribution in [-0.4, -0.2) is 43.9 Å². The SMILES string of the molecule is Cn1ncc2ccc(-c3nn(C(c4ccccc4)(c4ccccc4)c4ccccc4)c4ccnc(OC5CCOCC5)c34)cc21. The smallest absolute Gasteiger partial charge is 0.225 e. The first-order valence-electron chi connectivity index (χ1n) is 15.4. The molecule has 7 heteroatoms. The molecule has 0 saturated carbocycles. The monoisotopic (exact) mass is 591 g/mol. The van der Waals surface area contributed by atoms with E-state index in [4.69, 9.17) is 19.6 Å². The van der Waals surface area contributed by atoms with Crippen molar-refractivity contribution in [3.05, 3.63) is 144 Å². The van der Waals surface area contributed by atoms with Crippen LogP contribution in [0.1, 0.15) is 29.5 Å². The van der Waals surface area contributed by atoms with E-state index in [1.165, 1.54) is 0 Å². The molecule has 0 unspecified atom stereocenters. The van der Waals surface area contributed by atoms with E-state index in [-0.39, 0.29) is 6.10 Å². The lowest BCUT2D eigenvalue weighted by Crippen LogP contribution is -2.38. The largest absolute Gasteiger partial charge is 0.474 e. The van der Waals surface area contributed by atoms with Gasteiger partial charge in [0.05, 0.1) is 35.8 Å². The summed E-state index contributed by atoms with van der Waals surface area (Å²) in [6.45, 7) is 1.37. The van der Waals surface area contributed by atoms with E-state index in [0.717, 1.165) is 62.6 Å². The fourth-order valence-electron chi connectivity index (χ4n) is 6.73. The Bertz CT molecular complexity index is 1980. The maximum atomic E-state index is 6.71. The van der Waals surface area contributed by atoms with Crippen LogP contribution in [-0.2, 0) is 17.3 Å². The van der Waals surface area contributed by atoms with Crippen molar-refractivity contribution in [3.8, 4) is 17.1 Å². The van der Waals surface area contributed by atoms with Gasteiger partial charge in [-0.2, -0.15) is 10.2 Å². The summed E-state index contributed by atoms with van der Waals surface area (Å²) >= 11 is 0. The number of benzene rings is 4. The second-order valence-electron chi connectivity index (χ2n) is 11.6. The molecule has 0 bridgehead atoms. The van der Waals surface area contributed by atoms with Crippen LogP contribution < -0.4 is 4.74 Å². The average molecular weight is 592 g/mol. The summed E-state index contributed by atoms with van der Waals surface area (Å²) < 4.78 is 16.4. The third-order valence-corrected chi connectivity index (χ3v) is 8.92. The normalized spacial score (nSPS) is 14.2. The van der Waals surface area contributed by atoms with Gasteiger partial charge in [0.15, 0.2) is 0 Å². The van der Waals surface area contributed by atoms with Crippen LogP contribution >= 0.6 is 0 Å². The lowest BCUT2D eigenvalue weighted by atomic mass is 9.77. The van der Waals surface area contributed by atoms with Crippen molar-refractivity contribution in [2.45, 2.75) is 24.5 Å². The molecule has 7 nitrogen and oxygen atoms in total. The van der Waals surface area contributed by atoms with Gasteiger partial charge < -0.3 is 9.47 Å². The van der Waals surface area contributed by atoms with Gasteiger partial charge in [-0.3, -0.25) is 4.68 Å². The van der Waals surface area contributed by atoms with Crippen molar-refractivity contribution in [3.63, 3.8) is 0 Å². The van der Waals surface area contributed by atoms with Gasteiger partial charge in [0.2, 0.25) is 5.88 Å². The molecule has 1 aliphatic rings. The standard InChI is InChI=1S/C38H33N5O2/c1-42-34-25-27(17-18-28(34)26-40-42)36-35-33(19-22-39-37(35)45-32-20-23-44-24-21-32)43(41-36)38(29-11-5-2-6-12-29,30-13-7-3-8-14-30)31-15-9-4-10-16-31/h2-19,22,25-26,32H,20-21,23-24H2,1H3. The topological polar surface area (TPSA) is 67.0 Å². The molecule has 1 aliphatic heterocycles. The first-order chi connectivity index (χ1) is 22.2. The Morgan fingerprint density at radius 2 is 1.38 bits per heavy atom. The number of nitrogens with zero attached hydrogens (tertiary/aromatic N) is 5. The van der Waals surface area contributed by atoms with Gasteiger partial charge in [-0.1, -0.05) is 103 Å². The number of pyridine rings is 1. The van der Waals surface area contributed by atoms with Crippen molar-refractivity contribution in [2.75, 3.05) is 13.2 Å². The van der Waals surface area contributed by atoms with Crippen molar-refractivity contribution >= 4 is 21.8 Å². The molecule has 3 aromatic heterocycles. The molecule has 4 aromatic carbocycles. The number of hydrogen-bond donors (Lipinski definition) is 0. The van der Waals surface area contributed by atoms with Crippen LogP contribution in [0.4, 0.5) is 0 Å². The Morgan fingerprint density at radius 3 is 2.00 bits per heavy atom. The van der Waals surface area contributed by atoms with Gasteiger partial charge in [0.1, 0.15) is 17.3 Å². The number of aryl methyl sites for hydroxylation is 1. The predicted octanol–water partition coefficient (Wildman–Crippen LogP) is 7.38. The molecule has 1 fully saturated rings. The van der Waals surface area contributed by atoms with E-state index < -0.39 is 5.54 Å². The fraction of sp³-hybridized carbons (Fsp3) is 0.184. The Morgan fingerprint density at radius 1 is 0.756 bits per heavy atom. The lowest BCUT2D eigenvalue weighted by molar-refractivity contribution is 0.0244. The molecule has 8 rings (SSSR count). The third kappa shape index (κ3) is 4.59. The van der Waals surface area contributed by atoms with Crippen LogP contribution in [0.5, 0.6) is 5.88 Å². The van der Waals surface area contributed by atoms with Crippen molar-refractivity contribution in [1.29, 1.82) is 0 Å². The molecule has 45 heavy (non-hydrogen) atoms. The summed E-state index contributed by atoms with van der Waals surface area (Å²) in [5.41, 5.74) is 6.26. The Balaban J connectivity index is 1.48. The lowest BCUT2D eigenvalue weighted by Gasteiger charge is -2.37. The highest BCUT2D eigenvalue weighted by Crippen LogP contribution is 2.45. The summed E-state index contributed by atoms with van der Waals surface area (Å²) in [7, 11) is 1.97. The number of fused-ring (bicyclic) bond motifs is 2. The molecule has 4 heterocycles. The van der Waals surface area contributed by atoms with E-state index in [1.54, 1.807) is 0 Å². The van der Waals surface area contributed by atoms with Crippen molar-refractivity contribution in [2.24, 2.45) is 7.05 Å². The zero-order valence-corrected chi connectivity index (χ0v) is 25.1. The van der Waals surface area contributed by atoms with Gasteiger partial charge in [-0.05, 0) is 28.8 Å². The fourth-order valence-corrected chi connectivity index (χ4v) is 6.73. The van der Waals surface area contributed by atoms with Gasteiger partial charge in [-0.25, -0.2) is 9.67 Å². The number of hydrogen-bond acceptors (Lipinski definition) is 5. The van der Waals surface area contributed by atoms with E-state index in [0.29, 0.717) is 19.1 Å². The van der Waals surface area contributed by atoms with Crippen molar-refractivity contribution < 1.29 is 9.47 Å². The zero-order chi connectivity index (χ0) is 30.2. The Hall–Kier alpha value is -5.27. The summed E-state index contributed by atoms with van der Waals surface area (Å²) in [6, 6.07) is 40.4. The first-order valence-corrected chi connectivity index (χ1v) is 15.4. The zero-order valence-electron chi connectivity index (χ0n) is 25.1. The van der Waals surface area contributed by atoms with Crippen LogP contribution in [0.25, 0.3) is 33.1 Å². The molecule has 1 saturated heterocycles. The number of aromatic nitrogens is 5. The third-order valence-electron chi connectivity index (χ3n) is 8.92. The molecular formula is C38H33N5O2. The van der Waals surface area contributed by atoms with Gasteiger partial charge >= 0.3 is 0 Å². The first kappa shape index (κ1) is 27.3. The molecule has 0 spiro atoms. The minimum atomic E-state index is -0.797. The maximum Gasteiger partial charge on any atom is 0.225 e. The molecule has 0 amide bonds. The number of rotatable bonds is 7. The molecule has 222 valence electrons. The summed E-state index contributed by atoms with van der Waals surface area (Å²) in [6.07, 6.45) is 5.40. The highest BCUT2D eigenvalue weighted by atomic mass is 16.5. The molecular weight excluding hydrogens is 558 g/mol. The number of ether oxygens (including phenoxy) is 2. The predicted molar refractivity (Wildman–Crippen MR) is 176 cm³/mol. The van der Waals surface area contributed by atoms with E-state index in [9.17, 15) is 0 Å². The van der Waals surface area contributed by atoms with Gasteiger partial charge in [0, 0.05) is 37.0 Å². The van der Waals surface area contributed by atoms with Crippen LogP contribution in [0.3, 0.4) is 0 Å². The van der Waals surface area contributed by atoms with E-state index in [1.807, 2.05) is 24.1 Å². The van der Waals surface area contributed by atoms with Crippen LogP contribution in [0.15, 0.2) is 128 Å². The second kappa shape index (κ2) is 11.3. The van der Waals surface area contributed by atoms with Gasteiger partial charge in [0.25, 0.3) is 0 Å². The minimum absolute atomic E-state index is 0.0229. The van der Waals surface area contributed by atoms with Crippen LogP contribution in [0, 0.1) is 0 Å². The summed E-state index contributed by atoms with van der Waals surface area (Å²) in [4.78, 5) is 4.84. The van der Waals surface area contributed by atoms with Crippen molar-refractivity contribution in [1.82, 2.24) is 24.5 Å². The van der Waals surface area contributed by atoms with Gasteiger partial charge in [-0.15, -0.1) is 0 Å². The highest BCUT2D eigenvalue weighted by Gasteiger charge is 2.41. The quantitative estimate of drug-likeness (QED) is 0.181. The molecule has 0 atom stereocenters. The molecule has 7 aromatic rings. The summed E-state index contributed by atoms with van der Waals surface area (Å²) in [5.74, 6) is 0.592. The van der Waals surface area contributed by atoms with E-state index in [2.05, 4.69) is 125 Å². The molecule has 0 radical (unpaired) electrons. The minimum Gasteiger partial charge on any atom is -0.474 e. The Labute approximate surface area is 261 Å². The molecule has 0 aliphatic carbocycles. The highest BCUT2D eigenvalue weighted by molar-refractivity contribution is 5.99. The second-order valence-corrected chi connectivity index (χ2v) is 11.6. The molecule has 0 N–H and O–H groups in total. The Kier molecular flexibility index (Phi) is 6.88. The van der Waals surface area contributed by atoms with E-state index >= 15 is 0 Å². The summed E-state index contributed by atoms with van der Waals surface area (Å²) in [5, 5.41) is 12.0.